The predicted molar refractivity (Wildman–Crippen MR) is 149 cm³/mol. The number of halogens is 2. The number of nitrogens with zero attached hydrogens (tertiary/aromatic N) is 2. The van der Waals surface area contributed by atoms with Crippen molar-refractivity contribution in [3.63, 3.8) is 0 Å². The molecule has 1 aliphatic carbocycles. The Morgan fingerprint density at radius 3 is 2.42 bits per heavy atom. The van der Waals surface area contributed by atoms with Crippen molar-refractivity contribution in [3.05, 3.63) is 142 Å². The number of aromatic nitrogens is 1. The lowest BCUT2D eigenvalue weighted by Gasteiger charge is -2.31. The van der Waals surface area contributed by atoms with Crippen LogP contribution in [-0.4, -0.2) is 4.57 Å². The molecule has 1 atom stereocenters. The Hall–Kier alpha value is -3.18. The monoisotopic (exact) mass is 528 g/mol. The summed E-state index contributed by atoms with van der Waals surface area (Å²) in [4.78, 5) is 19.6. The van der Waals surface area contributed by atoms with Gasteiger partial charge in [-0.1, -0.05) is 101 Å². The van der Waals surface area contributed by atoms with Crippen LogP contribution in [0.2, 0.25) is 10.0 Å². The number of fused-ring (bicyclic) bond motifs is 1. The second kappa shape index (κ2) is 9.70. The Kier molecular flexibility index (Phi) is 6.26. The lowest BCUT2D eigenvalue weighted by molar-refractivity contribution is 0.553. The third-order valence-corrected chi connectivity index (χ3v) is 8.18. The summed E-state index contributed by atoms with van der Waals surface area (Å²) in [5, 5.41) is 1.08. The van der Waals surface area contributed by atoms with Crippen molar-refractivity contribution in [2.75, 3.05) is 0 Å². The number of rotatable bonds is 3. The smallest absolute Gasteiger partial charge is 0.271 e. The van der Waals surface area contributed by atoms with Crippen LogP contribution in [0.15, 0.2) is 105 Å². The third-order valence-electron chi connectivity index (χ3n) is 6.64. The summed E-state index contributed by atoms with van der Waals surface area (Å²) in [5.74, 6) is 0. The first-order valence-electron chi connectivity index (χ1n) is 11.9. The molecule has 2 heterocycles. The van der Waals surface area contributed by atoms with Crippen molar-refractivity contribution in [1.82, 2.24) is 4.57 Å². The highest BCUT2D eigenvalue weighted by Crippen LogP contribution is 2.41. The third kappa shape index (κ3) is 4.30. The van der Waals surface area contributed by atoms with Crippen molar-refractivity contribution >= 4 is 46.7 Å². The maximum atomic E-state index is 13.8. The minimum Gasteiger partial charge on any atom is -0.272 e. The van der Waals surface area contributed by atoms with Crippen LogP contribution in [0.1, 0.15) is 42.0 Å². The highest BCUT2D eigenvalue weighted by atomic mass is 35.5. The molecule has 1 aromatic heterocycles. The van der Waals surface area contributed by atoms with E-state index in [-0.39, 0.29) is 11.6 Å². The summed E-state index contributed by atoms with van der Waals surface area (Å²) < 4.78 is 2.47. The molecule has 0 saturated carbocycles. The molecule has 36 heavy (non-hydrogen) atoms. The first-order valence-corrected chi connectivity index (χ1v) is 13.5. The minimum absolute atomic E-state index is 0.0515. The summed E-state index contributed by atoms with van der Waals surface area (Å²) in [6, 6.07) is 25.8. The van der Waals surface area contributed by atoms with E-state index in [2.05, 4.69) is 42.5 Å². The van der Waals surface area contributed by atoms with Crippen molar-refractivity contribution in [2.45, 2.75) is 25.3 Å². The van der Waals surface area contributed by atoms with Gasteiger partial charge in [0, 0.05) is 10.0 Å². The normalized spacial score (nSPS) is 18.7. The molecular formula is C30H22Cl2N2OS. The Balaban J connectivity index is 1.59. The summed E-state index contributed by atoms with van der Waals surface area (Å²) in [7, 11) is 0. The molecule has 0 fully saturated rings. The fraction of sp³-hybridized carbons (Fsp3) is 0.133. The highest BCUT2D eigenvalue weighted by molar-refractivity contribution is 7.07. The number of hydrogen-bond acceptors (Lipinski definition) is 3. The van der Waals surface area contributed by atoms with E-state index in [4.69, 9.17) is 28.2 Å². The van der Waals surface area contributed by atoms with Gasteiger partial charge < -0.3 is 0 Å². The molecule has 0 saturated heterocycles. The largest absolute Gasteiger partial charge is 0.272 e. The van der Waals surface area contributed by atoms with Crippen LogP contribution < -0.4 is 14.9 Å². The predicted octanol–water partition coefficient (Wildman–Crippen LogP) is 6.79. The molecule has 0 spiro atoms. The first kappa shape index (κ1) is 23.2. The summed E-state index contributed by atoms with van der Waals surface area (Å²) in [5.41, 5.74) is 6.42. The Bertz CT molecular complexity index is 1700. The van der Waals surface area contributed by atoms with Gasteiger partial charge in [-0.3, -0.25) is 9.36 Å². The molecule has 0 N–H and O–H groups in total. The molecule has 178 valence electrons. The van der Waals surface area contributed by atoms with Gasteiger partial charge in [-0.25, -0.2) is 4.99 Å². The van der Waals surface area contributed by atoms with Crippen LogP contribution in [0.25, 0.3) is 12.2 Å². The molecule has 0 amide bonds. The lowest BCUT2D eigenvalue weighted by atomic mass is 9.84. The summed E-state index contributed by atoms with van der Waals surface area (Å²) in [6.45, 7) is 0. The lowest BCUT2D eigenvalue weighted by Crippen LogP contribution is -2.39. The van der Waals surface area contributed by atoms with Gasteiger partial charge in [-0.05, 0) is 71.4 Å². The van der Waals surface area contributed by atoms with Crippen molar-refractivity contribution in [2.24, 2.45) is 4.99 Å². The summed E-state index contributed by atoms with van der Waals surface area (Å²) in [6.07, 6.45) is 6.99. The molecule has 2 aliphatic rings. The Morgan fingerprint density at radius 1 is 0.917 bits per heavy atom. The van der Waals surface area contributed by atoms with E-state index in [0.29, 0.717) is 19.4 Å². The average Bonchev–Trinajstić information content (AvgIpc) is 3.20. The van der Waals surface area contributed by atoms with Crippen LogP contribution in [0.3, 0.4) is 0 Å². The fourth-order valence-corrected chi connectivity index (χ4v) is 6.46. The molecule has 0 bridgehead atoms. The van der Waals surface area contributed by atoms with E-state index in [0.717, 1.165) is 41.6 Å². The number of allylic oxidation sites excluding steroid dienone is 2. The van der Waals surface area contributed by atoms with Crippen molar-refractivity contribution < 1.29 is 0 Å². The van der Waals surface area contributed by atoms with Crippen molar-refractivity contribution in [1.29, 1.82) is 0 Å². The highest BCUT2D eigenvalue weighted by Gasteiger charge is 2.32. The number of hydrogen-bond donors (Lipinski definition) is 0. The first-order chi connectivity index (χ1) is 17.6. The Labute approximate surface area is 223 Å². The van der Waals surface area contributed by atoms with Crippen molar-refractivity contribution in [3.8, 4) is 0 Å². The van der Waals surface area contributed by atoms with E-state index >= 15 is 0 Å². The van der Waals surface area contributed by atoms with Gasteiger partial charge in [-0.15, -0.1) is 0 Å². The minimum atomic E-state index is -0.181. The zero-order valence-electron chi connectivity index (χ0n) is 19.3. The Morgan fingerprint density at radius 2 is 1.67 bits per heavy atom. The number of benzene rings is 3. The zero-order chi connectivity index (χ0) is 24.6. The molecule has 1 aliphatic heterocycles. The standard InChI is InChI=1S/C30H22Cl2N2OS/c31-23-15-14-21(25(32)18-23)17-26-29(35)34-28(20-10-5-2-6-11-20)24-13-7-12-22(27(24)33-30(34)36-26)16-19-8-3-1-4-9-19/h1-6,8-11,14-18,28H,7,12-13H2/b22-16+,26-17-. The molecule has 0 radical (unpaired) electrons. The van der Waals surface area contributed by atoms with E-state index < -0.39 is 0 Å². The molecule has 3 nitrogen and oxygen atoms in total. The molecule has 3 aromatic carbocycles. The second-order valence-corrected chi connectivity index (χ2v) is 10.8. The molecule has 6 heteroatoms. The van der Waals surface area contributed by atoms with Crippen LogP contribution >= 0.6 is 34.5 Å². The number of thiazole rings is 1. The summed E-state index contributed by atoms with van der Waals surface area (Å²) >= 11 is 13.9. The van der Waals surface area contributed by atoms with Gasteiger partial charge in [0.15, 0.2) is 4.80 Å². The molecule has 4 aromatic rings. The van der Waals surface area contributed by atoms with E-state index in [1.54, 1.807) is 12.1 Å². The van der Waals surface area contributed by atoms with Gasteiger partial charge in [0.1, 0.15) is 0 Å². The second-order valence-electron chi connectivity index (χ2n) is 8.97. The SMILES string of the molecule is O=c1/c(=C/c2ccc(Cl)cc2Cl)sc2n1C(c1ccccc1)C1=C(N=2)/C(=C/c2ccccc2)CCC1. The van der Waals surface area contributed by atoms with Gasteiger partial charge in [0.25, 0.3) is 5.56 Å². The van der Waals surface area contributed by atoms with E-state index in [1.807, 2.05) is 41.0 Å². The van der Waals surface area contributed by atoms with Crippen LogP contribution in [0.4, 0.5) is 0 Å². The quantitative estimate of drug-likeness (QED) is 0.288. The van der Waals surface area contributed by atoms with Gasteiger partial charge in [0.2, 0.25) is 0 Å². The molecule has 6 rings (SSSR count). The van der Waals surface area contributed by atoms with Crippen LogP contribution in [-0.2, 0) is 0 Å². The van der Waals surface area contributed by atoms with Crippen LogP contribution in [0, 0.1) is 0 Å². The van der Waals surface area contributed by atoms with E-state index in [9.17, 15) is 4.79 Å². The maximum absolute atomic E-state index is 13.8. The maximum Gasteiger partial charge on any atom is 0.271 e. The average molecular weight is 529 g/mol. The zero-order valence-corrected chi connectivity index (χ0v) is 21.7. The molecular weight excluding hydrogens is 507 g/mol. The fourth-order valence-electron chi connectivity index (χ4n) is 5.00. The van der Waals surface area contributed by atoms with Gasteiger partial charge >= 0.3 is 0 Å². The van der Waals surface area contributed by atoms with Crippen LogP contribution in [0.5, 0.6) is 0 Å². The topological polar surface area (TPSA) is 34.4 Å². The van der Waals surface area contributed by atoms with Gasteiger partial charge in [0.05, 0.1) is 16.3 Å². The molecule has 1 unspecified atom stereocenters. The van der Waals surface area contributed by atoms with E-state index in [1.165, 1.54) is 22.5 Å². The van der Waals surface area contributed by atoms with Gasteiger partial charge in [-0.2, -0.15) is 0 Å².